The lowest BCUT2D eigenvalue weighted by atomic mass is 9.80. The Morgan fingerprint density at radius 1 is 1.40 bits per heavy atom. The molecule has 6 heteroatoms. The molecule has 1 aliphatic rings. The third kappa shape index (κ3) is 2.08. The summed E-state index contributed by atoms with van der Waals surface area (Å²) in [5.41, 5.74) is -0.766. The van der Waals surface area contributed by atoms with E-state index in [1.54, 1.807) is 0 Å². The predicted octanol–water partition coefficient (Wildman–Crippen LogP) is 3.41. The van der Waals surface area contributed by atoms with Gasteiger partial charge in [-0.05, 0) is 37.5 Å². The number of ether oxygens (including phenoxy) is 1. The van der Waals surface area contributed by atoms with Crippen LogP contribution in [0.15, 0.2) is 24.3 Å². The summed E-state index contributed by atoms with van der Waals surface area (Å²) in [6, 6.07) is 5.44. The molecule has 3 rings (SSSR count). The summed E-state index contributed by atoms with van der Waals surface area (Å²) in [6.07, 6.45) is 1.65. The van der Waals surface area contributed by atoms with Crippen LogP contribution in [0.25, 0.3) is 10.9 Å². The van der Waals surface area contributed by atoms with Gasteiger partial charge in [-0.25, -0.2) is 14.2 Å². The summed E-state index contributed by atoms with van der Waals surface area (Å²) in [5, 5.41) is 9.89. The van der Waals surface area contributed by atoms with Crippen molar-refractivity contribution in [3.8, 4) is 5.75 Å². The number of aliphatic carboxylic acids is 1. The van der Waals surface area contributed by atoms with Gasteiger partial charge in [-0.1, -0.05) is 11.6 Å². The minimum Gasteiger partial charge on any atom is -0.478 e. The number of rotatable bonds is 3. The van der Waals surface area contributed by atoms with Crippen molar-refractivity contribution in [1.29, 1.82) is 0 Å². The van der Waals surface area contributed by atoms with E-state index in [1.807, 2.05) is 0 Å². The number of hydrogen-bond donors (Lipinski definition) is 1. The molecule has 0 spiro atoms. The lowest BCUT2D eigenvalue weighted by Gasteiger charge is -2.37. The molecule has 1 aliphatic carbocycles. The van der Waals surface area contributed by atoms with Crippen LogP contribution in [0.5, 0.6) is 5.75 Å². The normalized spacial score (nSPS) is 16.7. The van der Waals surface area contributed by atoms with Gasteiger partial charge in [-0.3, -0.25) is 0 Å². The summed E-state index contributed by atoms with van der Waals surface area (Å²) in [5.74, 6) is -1.20. The van der Waals surface area contributed by atoms with Crippen LogP contribution in [-0.4, -0.2) is 21.7 Å². The molecule has 0 saturated heterocycles. The fraction of sp³-hybridized carbons (Fsp3) is 0.286. The van der Waals surface area contributed by atoms with E-state index in [-0.39, 0.29) is 10.9 Å². The highest BCUT2D eigenvalue weighted by molar-refractivity contribution is 6.30. The van der Waals surface area contributed by atoms with Crippen LogP contribution in [0.1, 0.15) is 19.3 Å². The standard InChI is InChI=1S/C14H11ClFNO3/c15-12-7-11(20-14(13(18)19)4-1-5-14)9-6-8(16)2-3-10(9)17-12/h2-3,6-7H,1,4-5H2,(H,18,19). The van der Waals surface area contributed by atoms with Crippen molar-refractivity contribution in [2.45, 2.75) is 24.9 Å². The van der Waals surface area contributed by atoms with Crippen molar-refractivity contribution in [2.24, 2.45) is 0 Å². The Labute approximate surface area is 119 Å². The van der Waals surface area contributed by atoms with E-state index >= 15 is 0 Å². The first-order valence-electron chi connectivity index (χ1n) is 6.18. The van der Waals surface area contributed by atoms with Crippen molar-refractivity contribution >= 4 is 28.5 Å². The average Bonchev–Trinajstić information content (AvgIpc) is 2.33. The molecule has 1 fully saturated rings. The maximum Gasteiger partial charge on any atom is 0.348 e. The number of carbonyl (C=O) groups is 1. The van der Waals surface area contributed by atoms with Crippen LogP contribution in [0, 0.1) is 5.82 Å². The summed E-state index contributed by atoms with van der Waals surface area (Å²) in [6.45, 7) is 0. The SMILES string of the molecule is O=C(O)C1(Oc2cc(Cl)nc3ccc(F)cc23)CCC1. The number of carboxylic acids is 1. The van der Waals surface area contributed by atoms with Crippen molar-refractivity contribution in [3.63, 3.8) is 0 Å². The van der Waals surface area contributed by atoms with E-state index in [0.717, 1.165) is 6.42 Å². The zero-order chi connectivity index (χ0) is 14.3. The fourth-order valence-electron chi connectivity index (χ4n) is 2.29. The Kier molecular flexibility index (Phi) is 3.01. The topological polar surface area (TPSA) is 59.4 Å². The molecule has 1 aromatic carbocycles. The number of fused-ring (bicyclic) bond motifs is 1. The molecule has 1 heterocycles. The number of carboxylic acid groups (broad SMARTS) is 1. The van der Waals surface area contributed by atoms with Gasteiger partial charge in [0.25, 0.3) is 0 Å². The first-order valence-corrected chi connectivity index (χ1v) is 6.56. The lowest BCUT2D eigenvalue weighted by Crippen LogP contribution is -2.50. The highest BCUT2D eigenvalue weighted by atomic mass is 35.5. The summed E-state index contributed by atoms with van der Waals surface area (Å²) in [7, 11) is 0. The van der Waals surface area contributed by atoms with E-state index in [9.17, 15) is 14.3 Å². The van der Waals surface area contributed by atoms with Crippen LogP contribution in [0.3, 0.4) is 0 Å². The van der Waals surface area contributed by atoms with Gasteiger partial charge >= 0.3 is 5.97 Å². The summed E-state index contributed by atoms with van der Waals surface area (Å²) in [4.78, 5) is 15.4. The fourth-order valence-corrected chi connectivity index (χ4v) is 2.48. The quantitative estimate of drug-likeness (QED) is 0.882. The van der Waals surface area contributed by atoms with Crippen LogP contribution in [-0.2, 0) is 4.79 Å². The van der Waals surface area contributed by atoms with E-state index in [1.165, 1.54) is 24.3 Å². The second-order valence-electron chi connectivity index (χ2n) is 4.86. The Bertz CT molecular complexity index is 700. The molecule has 0 bridgehead atoms. The zero-order valence-corrected chi connectivity index (χ0v) is 11.2. The first-order chi connectivity index (χ1) is 9.50. The number of benzene rings is 1. The Hall–Kier alpha value is -1.88. The maximum atomic E-state index is 13.4. The molecule has 104 valence electrons. The van der Waals surface area contributed by atoms with Crippen LogP contribution in [0.2, 0.25) is 5.15 Å². The summed E-state index contributed by atoms with van der Waals surface area (Å²) >= 11 is 5.90. The van der Waals surface area contributed by atoms with Gasteiger partial charge in [-0.15, -0.1) is 0 Å². The van der Waals surface area contributed by atoms with Gasteiger partial charge in [0.1, 0.15) is 16.7 Å². The average molecular weight is 296 g/mol. The van der Waals surface area contributed by atoms with E-state index in [4.69, 9.17) is 16.3 Å². The number of pyridine rings is 1. The van der Waals surface area contributed by atoms with E-state index in [0.29, 0.717) is 23.7 Å². The molecule has 1 aromatic heterocycles. The molecular weight excluding hydrogens is 285 g/mol. The predicted molar refractivity (Wildman–Crippen MR) is 71.6 cm³/mol. The molecule has 2 aromatic rings. The molecule has 0 atom stereocenters. The van der Waals surface area contributed by atoms with Crippen LogP contribution < -0.4 is 4.74 Å². The number of halogens is 2. The van der Waals surface area contributed by atoms with Crippen molar-refractivity contribution in [2.75, 3.05) is 0 Å². The summed E-state index contributed by atoms with van der Waals surface area (Å²) < 4.78 is 19.0. The maximum absolute atomic E-state index is 13.4. The van der Waals surface area contributed by atoms with Gasteiger partial charge in [0.05, 0.1) is 5.52 Å². The van der Waals surface area contributed by atoms with Crippen molar-refractivity contribution in [1.82, 2.24) is 4.98 Å². The Morgan fingerprint density at radius 2 is 2.15 bits per heavy atom. The monoisotopic (exact) mass is 295 g/mol. The molecule has 1 N–H and O–H groups in total. The minimum absolute atomic E-state index is 0.180. The molecule has 20 heavy (non-hydrogen) atoms. The number of nitrogens with zero attached hydrogens (tertiary/aromatic N) is 1. The highest BCUT2D eigenvalue weighted by Crippen LogP contribution is 2.39. The minimum atomic E-state index is -1.23. The highest BCUT2D eigenvalue weighted by Gasteiger charge is 2.47. The number of aromatic nitrogens is 1. The largest absolute Gasteiger partial charge is 0.478 e. The molecule has 0 unspecified atom stereocenters. The van der Waals surface area contributed by atoms with Gasteiger partial charge in [-0.2, -0.15) is 0 Å². The van der Waals surface area contributed by atoms with Crippen molar-refractivity contribution < 1.29 is 19.0 Å². The third-order valence-corrected chi connectivity index (χ3v) is 3.75. The van der Waals surface area contributed by atoms with Gasteiger partial charge < -0.3 is 9.84 Å². The van der Waals surface area contributed by atoms with Gasteiger partial charge in [0.2, 0.25) is 5.60 Å². The smallest absolute Gasteiger partial charge is 0.348 e. The molecule has 0 aliphatic heterocycles. The lowest BCUT2D eigenvalue weighted by molar-refractivity contribution is -0.163. The zero-order valence-electron chi connectivity index (χ0n) is 10.4. The number of hydrogen-bond acceptors (Lipinski definition) is 3. The molecular formula is C14H11ClFNO3. The van der Waals surface area contributed by atoms with Gasteiger partial charge in [0, 0.05) is 11.5 Å². The van der Waals surface area contributed by atoms with Crippen molar-refractivity contribution in [3.05, 3.63) is 35.2 Å². The second kappa shape index (κ2) is 4.59. The Morgan fingerprint density at radius 3 is 2.75 bits per heavy atom. The van der Waals surface area contributed by atoms with Gasteiger partial charge in [0.15, 0.2) is 0 Å². The molecule has 0 amide bonds. The van der Waals surface area contributed by atoms with E-state index in [2.05, 4.69) is 4.98 Å². The third-order valence-electron chi connectivity index (χ3n) is 3.56. The second-order valence-corrected chi connectivity index (χ2v) is 5.25. The molecule has 1 saturated carbocycles. The first kappa shape index (κ1) is 13.1. The van der Waals surface area contributed by atoms with Crippen LogP contribution >= 0.6 is 11.6 Å². The molecule has 0 radical (unpaired) electrons. The Balaban J connectivity index is 2.10. The van der Waals surface area contributed by atoms with E-state index < -0.39 is 17.4 Å². The molecule has 4 nitrogen and oxygen atoms in total. The van der Waals surface area contributed by atoms with Crippen LogP contribution in [0.4, 0.5) is 4.39 Å².